The summed E-state index contributed by atoms with van der Waals surface area (Å²) >= 11 is 3.38. The third-order valence-corrected chi connectivity index (χ3v) is 7.04. The Balaban J connectivity index is 1.82. The van der Waals surface area contributed by atoms with Crippen molar-refractivity contribution in [2.75, 3.05) is 38.1 Å². The molecule has 0 aliphatic carbocycles. The van der Waals surface area contributed by atoms with Crippen molar-refractivity contribution < 1.29 is 17.2 Å². The Labute approximate surface area is 177 Å². The lowest BCUT2D eigenvalue weighted by molar-refractivity contribution is 0.305. The number of sulfone groups is 1. The van der Waals surface area contributed by atoms with Gasteiger partial charge >= 0.3 is 0 Å². The van der Waals surface area contributed by atoms with E-state index in [1.165, 1.54) is 12.1 Å². The number of benzene rings is 2. The van der Waals surface area contributed by atoms with Gasteiger partial charge < -0.3 is 14.2 Å². The largest absolute Gasteiger partial charge is 0.419 e. The summed E-state index contributed by atoms with van der Waals surface area (Å²) in [7, 11) is -1.97. The number of oxazole rings is 1. The summed E-state index contributed by atoms with van der Waals surface area (Å²) in [6.07, 6.45) is 0. The van der Waals surface area contributed by atoms with Crippen LogP contribution in [0.2, 0.25) is 0 Å². The molecule has 0 N–H and O–H groups in total. The van der Waals surface area contributed by atoms with E-state index in [2.05, 4.69) is 25.8 Å². The minimum absolute atomic E-state index is 0.0232. The minimum Gasteiger partial charge on any atom is -0.419 e. The Morgan fingerprint density at radius 1 is 1.00 bits per heavy atom. The van der Waals surface area contributed by atoms with Crippen LogP contribution in [-0.2, 0) is 9.84 Å². The Morgan fingerprint density at radius 3 is 2.24 bits per heavy atom. The highest BCUT2D eigenvalue weighted by molar-refractivity contribution is 9.10. The highest BCUT2D eigenvalue weighted by Gasteiger charge is 2.32. The summed E-state index contributed by atoms with van der Waals surface area (Å²) in [4.78, 5) is 8.39. The Hall–Kier alpha value is -2.23. The van der Waals surface area contributed by atoms with Crippen molar-refractivity contribution in [3.63, 3.8) is 0 Å². The third kappa shape index (κ3) is 4.08. The molecular weight excluding hydrogens is 461 g/mol. The zero-order valence-electron chi connectivity index (χ0n) is 15.7. The van der Waals surface area contributed by atoms with Gasteiger partial charge in [-0.1, -0.05) is 15.9 Å². The molecule has 29 heavy (non-hydrogen) atoms. The zero-order valence-corrected chi connectivity index (χ0v) is 18.1. The molecule has 9 heteroatoms. The summed E-state index contributed by atoms with van der Waals surface area (Å²) in [6.45, 7) is 2.81. The minimum atomic E-state index is -3.98. The first kappa shape index (κ1) is 20.1. The second kappa shape index (κ2) is 7.89. The van der Waals surface area contributed by atoms with Crippen LogP contribution in [0.4, 0.5) is 10.3 Å². The Morgan fingerprint density at radius 2 is 1.62 bits per heavy atom. The molecule has 4 rings (SSSR count). The van der Waals surface area contributed by atoms with Crippen LogP contribution in [0.5, 0.6) is 0 Å². The number of likely N-dealkylation sites (N-methyl/N-ethyl adjacent to an activating group) is 1. The van der Waals surface area contributed by atoms with Crippen LogP contribution in [-0.4, -0.2) is 51.5 Å². The van der Waals surface area contributed by atoms with Crippen molar-refractivity contribution in [2.45, 2.75) is 9.92 Å². The summed E-state index contributed by atoms with van der Waals surface area (Å²) in [6, 6.07) is 12.0. The molecule has 3 aromatic rings. The van der Waals surface area contributed by atoms with E-state index in [4.69, 9.17) is 4.42 Å². The number of nitrogens with zero attached hydrogens (tertiary/aromatic N) is 3. The third-order valence-electron chi connectivity index (χ3n) is 4.84. The molecule has 0 saturated carbocycles. The van der Waals surface area contributed by atoms with Gasteiger partial charge in [0.25, 0.3) is 0 Å². The number of hydrogen-bond donors (Lipinski definition) is 0. The summed E-state index contributed by atoms with van der Waals surface area (Å²) < 4.78 is 46.7. The number of hydrogen-bond acceptors (Lipinski definition) is 6. The maximum Gasteiger partial charge on any atom is 0.236 e. The number of halogens is 2. The average molecular weight is 480 g/mol. The fourth-order valence-corrected chi connectivity index (χ4v) is 4.71. The molecule has 0 spiro atoms. The van der Waals surface area contributed by atoms with Gasteiger partial charge in [0.15, 0.2) is 0 Å². The van der Waals surface area contributed by atoms with E-state index in [9.17, 15) is 12.8 Å². The number of rotatable bonds is 4. The first-order chi connectivity index (χ1) is 13.8. The van der Waals surface area contributed by atoms with Crippen molar-refractivity contribution in [1.29, 1.82) is 0 Å². The lowest BCUT2D eigenvalue weighted by Gasteiger charge is -2.32. The maximum atomic E-state index is 13.3. The smallest absolute Gasteiger partial charge is 0.236 e. The van der Waals surface area contributed by atoms with Crippen LogP contribution in [0.1, 0.15) is 0 Å². The molecule has 0 amide bonds. The average Bonchev–Trinajstić information content (AvgIpc) is 3.16. The van der Waals surface area contributed by atoms with Gasteiger partial charge in [0.2, 0.25) is 26.6 Å². The van der Waals surface area contributed by atoms with Crippen molar-refractivity contribution in [1.82, 2.24) is 9.88 Å². The van der Waals surface area contributed by atoms with Gasteiger partial charge in [-0.15, -0.1) is 0 Å². The molecule has 0 bridgehead atoms. The topological polar surface area (TPSA) is 66.7 Å². The van der Waals surface area contributed by atoms with Gasteiger partial charge in [-0.2, -0.15) is 4.98 Å². The molecule has 0 unspecified atom stereocenters. The van der Waals surface area contributed by atoms with Crippen molar-refractivity contribution in [3.8, 4) is 11.5 Å². The fraction of sp³-hybridized carbons (Fsp3) is 0.250. The van der Waals surface area contributed by atoms with Crippen LogP contribution >= 0.6 is 15.9 Å². The van der Waals surface area contributed by atoms with E-state index in [1.54, 1.807) is 12.1 Å². The highest BCUT2D eigenvalue weighted by atomic mass is 79.9. The number of piperazine rings is 1. The second-order valence-corrected chi connectivity index (χ2v) is 9.66. The van der Waals surface area contributed by atoms with E-state index in [-0.39, 0.29) is 21.7 Å². The molecule has 152 valence electrons. The molecular formula is C20H19BrFN3O3S. The molecule has 6 nitrogen and oxygen atoms in total. The van der Waals surface area contributed by atoms with E-state index < -0.39 is 15.7 Å². The van der Waals surface area contributed by atoms with E-state index in [0.717, 1.165) is 29.7 Å². The van der Waals surface area contributed by atoms with Gasteiger partial charge in [-0.05, 0) is 55.6 Å². The standard InChI is InChI=1S/C20H19BrFN3O3S/c1-24-10-12-25(13-11-24)20-19(29(26,27)17-8-6-16(22)7-9-17)23-18(28-20)14-2-4-15(21)5-3-14/h2-9H,10-13H2,1H3. The molecule has 1 fully saturated rings. The van der Waals surface area contributed by atoms with Gasteiger partial charge in [-0.25, -0.2) is 12.8 Å². The van der Waals surface area contributed by atoms with Crippen LogP contribution in [0.3, 0.4) is 0 Å². The van der Waals surface area contributed by atoms with Gasteiger partial charge in [-0.3, -0.25) is 0 Å². The summed E-state index contributed by atoms with van der Waals surface area (Å²) in [5.41, 5.74) is 0.670. The van der Waals surface area contributed by atoms with Crippen LogP contribution in [0, 0.1) is 5.82 Å². The van der Waals surface area contributed by atoms with Crippen molar-refractivity contribution in [3.05, 3.63) is 58.8 Å². The lowest BCUT2D eigenvalue weighted by atomic mass is 10.2. The predicted octanol–water partition coefficient (Wildman–Crippen LogP) is 3.83. The van der Waals surface area contributed by atoms with E-state index in [0.29, 0.717) is 18.7 Å². The second-order valence-electron chi connectivity index (χ2n) is 6.88. The number of anilines is 1. The van der Waals surface area contributed by atoms with Crippen LogP contribution < -0.4 is 4.90 Å². The van der Waals surface area contributed by atoms with Gasteiger partial charge in [0.05, 0.1) is 4.90 Å². The Bertz CT molecular complexity index is 1110. The highest BCUT2D eigenvalue weighted by Crippen LogP contribution is 2.35. The molecule has 1 saturated heterocycles. The molecule has 2 aromatic carbocycles. The van der Waals surface area contributed by atoms with E-state index in [1.807, 2.05) is 24.1 Å². The first-order valence-corrected chi connectivity index (χ1v) is 11.3. The van der Waals surface area contributed by atoms with Crippen LogP contribution in [0.25, 0.3) is 11.5 Å². The quantitative estimate of drug-likeness (QED) is 0.529. The lowest BCUT2D eigenvalue weighted by Crippen LogP contribution is -2.44. The normalized spacial score (nSPS) is 15.6. The summed E-state index contributed by atoms with van der Waals surface area (Å²) in [5.74, 6) is -0.0496. The molecule has 1 aliphatic rings. The zero-order chi connectivity index (χ0) is 20.6. The Kier molecular flexibility index (Phi) is 5.46. The predicted molar refractivity (Wildman–Crippen MR) is 111 cm³/mol. The molecule has 0 atom stereocenters. The first-order valence-electron chi connectivity index (χ1n) is 9.05. The van der Waals surface area contributed by atoms with Gasteiger partial charge in [0, 0.05) is 36.2 Å². The van der Waals surface area contributed by atoms with Gasteiger partial charge in [0.1, 0.15) is 5.82 Å². The van der Waals surface area contributed by atoms with Crippen molar-refractivity contribution >= 4 is 31.7 Å². The summed E-state index contributed by atoms with van der Waals surface area (Å²) in [5, 5.41) is -0.147. The monoisotopic (exact) mass is 479 g/mol. The number of aromatic nitrogens is 1. The molecule has 1 aliphatic heterocycles. The SMILES string of the molecule is CN1CCN(c2oc(-c3ccc(Br)cc3)nc2S(=O)(=O)c2ccc(F)cc2)CC1. The molecule has 2 heterocycles. The van der Waals surface area contributed by atoms with Crippen LogP contribution in [0.15, 0.2) is 67.3 Å². The molecule has 1 aromatic heterocycles. The molecule has 0 radical (unpaired) electrons. The maximum absolute atomic E-state index is 13.3. The fourth-order valence-electron chi connectivity index (χ4n) is 3.12. The van der Waals surface area contributed by atoms with Crippen molar-refractivity contribution in [2.24, 2.45) is 0 Å². The van der Waals surface area contributed by atoms with E-state index >= 15 is 0 Å².